The Morgan fingerprint density at radius 2 is 1.56 bits per heavy atom. The zero-order valence-corrected chi connectivity index (χ0v) is 8.68. The van der Waals surface area contributed by atoms with Crippen molar-refractivity contribution in [2.24, 2.45) is 0 Å². The standard InChI is InChI=1S/C3H2Br3F3/c4-1(5)3(6,9)2(7)8/h1-2H. The van der Waals surface area contributed by atoms with Crippen molar-refractivity contribution in [2.45, 2.75) is 14.7 Å². The van der Waals surface area contributed by atoms with Crippen LogP contribution < -0.4 is 0 Å². The Morgan fingerprint density at radius 1 is 1.22 bits per heavy atom. The monoisotopic (exact) mass is 332 g/mol. The molecule has 0 aromatic rings. The lowest BCUT2D eigenvalue weighted by Gasteiger charge is -2.17. The maximum absolute atomic E-state index is 12.4. The third-order valence-electron chi connectivity index (χ3n) is 0.582. The Labute approximate surface area is 75.6 Å². The normalized spacial score (nSPS) is 18.7. The summed E-state index contributed by atoms with van der Waals surface area (Å²) < 4.78 is 31.8. The summed E-state index contributed by atoms with van der Waals surface area (Å²) >= 11 is 7.42. The summed E-state index contributed by atoms with van der Waals surface area (Å²) in [6.07, 6.45) is -3.05. The molecule has 0 aliphatic heterocycles. The summed E-state index contributed by atoms with van der Waals surface area (Å²) in [5.74, 6) is 0. The molecule has 0 aromatic heterocycles. The molecule has 0 amide bonds. The Bertz CT molecular complexity index is 82.3. The van der Waals surface area contributed by atoms with E-state index in [9.17, 15) is 13.2 Å². The fraction of sp³-hybridized carbons (Fsp3) is 1.00. The molecule has 1 unspecified atom stereocenters. The van der Waals surface area contributed by atoms with Gasteiger partial charge in [0.1, 0.15) is 3.74 Å². The molecule has 6 heteroatoms. The molecule has 1 atom stereocenters. The zero-order valence-electron chi connectivity index (χ0n) is 3.92. The van der Waals surface area contributed by atoms with Gasteiger partial charge in [-0.3, -0.25) is 0 Å². The van der Waals surface area contributed by atoms with Crippen LogP contribution in [0.25, 0.3) is 0 Å². The van der Waals surface area contributed by atoms with E-state index in [-0.39, 0.29) is 0 Å². The molecule has 9 heavy (non-hydrogen) atoms. The summed E-state index contributed by atoms with van der Waals surface area (Å²) in [7, 11) is 0. The van der Waals surface area contributed by atoms with E-state index >= 15 is 0 Å². The fourth-order valence-electron chi connectivity index (χ4n) is 0.0952. The van der Waals surface area contributed by atoms with Crippen LogP contribution >= 0.6 is 47.8 Å². The topological polar surface area (TPSA) is 0 Å². The van der Waals surface area contributed by atoms with Gasteiger partial charge in [-0.25, -0.2) is 13.2 Å². The number of halogens is 6. The van der Waals surface area contributed by atoms with Crippen LogP contribution in [0.4, 0.5) is 13.2 Å². The largest absolute Gasteiger partial charge is 0.284 e. The minimum Gasteiger partial charge on any atom is -0.223 e. The van der Waals surface area contributed by atoms with E-state index in [2.05, 4.69) is 47.8 Å². The van der Waals surface area contributed by atoms with Gasteiger partial charge in [0.05, 0.1) is 0 Å². The van der Waals surface area contributed by atoms with Crippen molar-refractivity contribution in [3.8, 4) is 0 Å². The van der Waals surface area contributed by atoms with Crippen molar-refractivity contribution < 1.29 is 13.2 Å². The van der Waals surface area contributed by atoms with Gasteiger partial charge >= 0.3 is 0 Å². The van der Waals surface area contributed by atoms with Gasteiger partial charge in [-0.15, -0.1) is 0 Å². The molecule has 0 heterocycles. The Balaban J connectivity index is 4.01. The minimum atomic E-state index is -3.05. The first-order valence-corrected chi connectivity index (χ1v) is 4.45. The molecule has 0 nitrogen and oxygen atoms in total. The average Bonchev–Trinajstić information content (AvgIpc) is 1.65. The van der Waals surface area contributed by atoms with Gasteiger partial charge in [0.2, 0.25) is 4.58 Å². The predicted molar refractivity (Wildman–Crippen MR) is 40.4 cm³/mol. The molecule has 0 saturated carbocycles. The third kappa shape index (κ3) is 2.76. The van der Waals surface area contributed by atoms with Crippen LogP contribution in [0, 0.1) is 0 Å². The van der Waals surface area contributed by atoms with Crippen molar-refractivity contribution in [1.82, 2.24) is 0 Å². The quantitative estimate of drug-likeness (QED) is 0.679. The molecule has 0 spiro atoms. The smallest absolute Gasteiger partial charge is 0.223 e. The van der Waals surface area contributed by atoms with Crippen LogP contribution in [0.5, 0.6) is 0 Å². The molecule has 0 radical (unpaired) electrons. The van der Waals surface area contributed by atoms with Crippen LogP contribution in [-0.2, 0) is 0 Å². The van der Waals surface area contributed by atoms with E-state index in [0.29, 0.717) is 0 Å². The summed E-state index contributed by atoms with van der Waals surface area (Å²) in [6.45, 7) is 0. The van der Waals surface area contributed by atoms with Crippen molar-refractivity contribution in [3.63, 3.8) is 0 Å². The molecule has 0 N–H and O–H groups in total. The van der Waals surface area contributed by atoms with Gasteiger partial charge in [-0.2, -0.15) is 0 Å². The number of rotatable bonds is 2. The first-order chi connectivity index (χ1) is 3.89. The molecular formula is C3H2Br3F3. The molecule has 0 rings (SSSR count). The highest BCUT2D eigenvalue weighted by atomic mass is 79.9. The van der Waals surface area contributed by atoms with E-state index in [0.717, 1.165) is 0 Å². The first kappa shape index (κ1) is 10.2. The van der Waals surface area contributed by atoms with Crippen molar-refractivity contribution in [1.29, 1.82) is 0 Å². The summed E-state index contributed by atoms with van der Waals surface area (Å²) in [5, 5.41) is 0. The molecule has 56 valence electrons. The minimum absolute atomic E-state index is 1.09. The number of hydrogen-bond acceptors (Lipinski definition) is 0. The molecule has 0 saturated heterocycles. The van der Waals surface area contributed by atoms with Gasteiger partial charge in [0.25, 0.3) is 6.43 Å². The Kier molecular flexibility index (Phi) is 4.06. The molecule has 0 aromatic carbocycles. The second-order valence-electron chi connectivity index (χ2n) is 1.28. The average molecular weight is 335 g/mol. The predicted octanol–water partition coefficient (Wildman–Crippen LogP) is 3.43. The fourth-order valence-corrected chi connectivity index (χ4v) is 0.495. The van der Waals surface area contributed by atoms with E-state index in [1.807, 2.05) is 0 Å². The Hall–Kier alpha value is 1.23. The number of alkyl halides is 6. The maximum atomic E-state index is 12.4. The lowest BCUT2D eigenvalue weighted by Crippen LogP contribution is -2.30. The van der Waals surface area contributed by atoms with E-state index in [1.54, 1.807) is 0 Å². The van der Waals surface area contributed by atoms with E-state index < -0.39 is 14.7 Å². The van der Waals surface area contributed by atoms with Gasteiger partial charge < -0.3 is 0 Å². The molecule has 0 aliphatic rings. The van der Waals surface area contributed by atoms with E-state index in [4.69, 9.17) is 0 Å². The van der Waals surface area contributed by atoms with Crippen LogP contribution in [-0.4, -0.2) is 14.7 Å². The lowest BCUT2D eigenvalue weighted by molar-refractivity contribution is 0.0432. The highest BCUT2D eigenvalue weighted by molar-refractivity contribution is 9.25. The van der Waals surface area contributed by atoms with Gasteiger partial charge in [0.15, 0.2) is 0 Å². The van der Waals surface area contributed by atoms with Gasteiger partial charge in [-0.05, 0) is 15.9 Å². The molecule has 0 aliphatic carbocycles. The first-order valence-electron chi connectivity index (χ1n) is 1.83. The highest BCUT2D eigenvalue weighted by Gasteiger charge is 2.43. The Morgan fingerprint density at radius 3 is 1.56 bits per heavy atom. The van der Waals surface area contributed by atoms with E-state index in [1.165, 1.54) is 0 Å². The number of hydrogen-bond donors (Lipinski definition) is 0. The van der Waals surface area contributed by atoms with Gasteiger partial charge in [0, 0.05) is 0 Å². The van der Waals surface area contributed by atoms with Crippen molar-refractivity contribution in [2.75, 3.05) is 0 Å². The summed E-state index contributed by atoms with van der Waals surface area (Å²) in [4.78, 5) is 0. The zero-order chi connectivity index (χ0) is 7.65. The van der Waals surface area contributed by atoms with Crippen molar-refractivity contribution in [3.05, 3.63) is 0 Å². The van der Waals surface area contributed by atoms with Crippen LogP contribution in [0.3, 0.4) is 0 Å². The lowest BCUT2D eigenvalue weighted by atomic mass is 10.5. The summed E-state index contributed by atoms with van der Waals surface area (Å²) in [5.41, 5.74) is 0. The maximum Gasteiger partial charge on any atom is 0.284 e. The molecule has 0 bridgehead atoms. The molecular weight excluding hydrogens is 333 g/mol. The summed E-state index contributed by atoms with van der Waals surface area (Å²) in [6, 6.07) is 0. The van der Waals surface area contributed by atoms with Crippen molar-refractivity contribution >= 4 is 47.8 Å². The van der Waals surface area contributed by atoms with Crippen LogP contribution in [0.1, 0.15) is 0 Å². The van der Waals surface area contributed by atoms with Gasteiger partial charge in [-0.1, -0.05) is 31.9 Å². The highest BCUT2D eigenvalue weighted by Crippen LogP contribution is 2.38. The third-order valence-corrected chi connectivity index (χ3v) is 3.95. The van der Waals surface area contributed by atoms with Crippen LogP contribution in [0.2, 0.25) is 0 Å². The second kappa shape index (κ2) is 3.57. The van der Waals surface area contributed by atoms with Crippen LogP contribution in [0.15, 0.2) is 0 Å². The molecule has 0 fully saturated rings. The SMILES string of the molecule is FC(F)C(F)(Br)C(Br)Br. The second-order valence-corrected chi connectivity index (χ2v) is 5.55.